The first-order valence-corrected chi connectivity index (χ1v) is 6.02. The highest BCUT2D eigenvalue weighted by Crippen LogP contribution is 2.27. The van der Waals surface area contributed by atoms with Gasteiger partial charge in [-0.2, -0.15) is 4.89 Å². The fourth-order valence-corrected chi connectivity index (χ4v) is 2.00. The van der Waals surface area contributed by atoms with Gasteiger partial charge in [0.25, 0.3) is 9.05 Å². The number of aryl methyl sites for hydroxylation is 1. The van der Waals surface area contributed by atoms with Gasteiger partial charge in [-0.25, -0.2) is 8.42 Å². The van der Waals surface area contributed by atoms with Gasteiger partial charge < -0.3 is 4.89 Å². The molecule has 1 rings (SSSR count). The second-order valence-corrected chi connectivity index (χ2v) is 5.17. The molecule has 0 fully saturated rings. The molecule has 0 unspecified atom stereocenters. The maximum Gasteiger partial charge on any atom is 0.265 e. The Bertz CT molecular complexity index is 427. The van der Waals surface area contributed by atoms with Crippen LogP contribution < -0.4 is 4.89 Å². The topological polar surface area (TPSA) is 52.6 Å². The molecule has 0 saturated heterocycles. The van der Waals surface area contributed by atoms with Crippen LogP contribution in [0.25, 0.3) is 0 Å². The SMILES string of the molecule is COOc1ccc(C)cc1S(=O)(=O)Cl. The maximum atomic E-state index is 11.1. The summed E-state index contributed by atoms with van der Waals surface area (Å²) in [6.07, 6.45) is 0. The molecule has 14 heavy (non-hydrogen) atoms. The van der Waals surface area contributed by atoms with Gasteiger partial charge in [-0.1, -0.05) is 6.07 Å². The van der Waals surface area contributed by atoms with Crippen LogP contribution in [0.3, 0.4) is 0 Å². The Morgan fingerprint density at radius 3 is 2.50 bits per heavy atom. The molecule has 78 valence electrons. The molecule has 0 spiro atoms. The Labute approximate surface area is 86.8 Å². The molecule has 0 amide bonds. The third kappa shape index (κ3) is 2.60. The van der Waals surface area contributed by atoms with Gasteiger partial charge in [0.2, 0.25) is 0 Å². The van der Waals surface area contributed by atoms with Crippen LogP contribution in [-0.2, 0) is 13.9 Å². The van der Waals surface area contributed by atoms with E-state index in [1.807, 2.05) is 0 Å². The van der Waals surface area contributed by atoms with Gasteiger partial charge in [0.1, 0.15) is 4.90 Å². The quantitative estimate of drug-likeness (QED) is 0.457. The largest absolute Gasteiger partial charge is 0.336 e. The van der Waals surface area contributed by atoms with Crippen LogP contribution in [0.4, 0.5) is 0 Å². The highest BCUT2D eigenvalue weighted by atomic mass is 35.7. The summed E-state index contributed by atoms with van der Waals surface area (Å²) >= 11 is 0. The Hall–Kier alpha value is -0.780. The van der Waals surface area contributed by atoms with Gasteiger partial charge in [-0.05, 0) is 24.6 Å². The monoisotopic (exact) mass is 236 g/mol. The molecule has 0 aromatic heterocycles. The molecular formula is C8H9ClO4S. The zero-order valence-electron chi connectivity index (χ0n) is 7.65. The van der Waals surface area contributed by atoms with Crippen LogP contribution in [0.2, 0.25) is 0 Å². The van der Waals surface area contributed by atoms with E-state index >= 15 is 0 Å². The summed E-state index contributed by atoms with van der Waals surface area (Å²) in [7, 11) is 2.68. The molecule has 0 radical (unpaired) electrons. The van der Waals surface area contributed by atoms with Gasteiger partial charge in [0, 0.05) is 10.7 Å². The minimum atomic E-state index is -3.81. The minimum absolute atomic E-state index is 0.0769. The average molecular weight is 237 g/mol. The Kier molecular flexibility index (Phi) is 3.36. The van der Waals surface area contributed by atoms with Crippen LogP contribution >= 0.6 is 10.7 Å². The van der Waals surface area contributed by atoms with E-state index in [-0.39, 0.29) is 10.6 Å². The van der Waals surface area contributed by atoms with E-state index in [1.54, 1.807) is 13.0 Å². The second-order valence-electron chi connectivity index (χ2n) is 2.64. The van der Waals surface area contributed by atoms with E-state index in [1.165, 1.54) is 19.2 Å². The Balaban J connectivity index is 3.30. The standard InChI is InChI=1S/C8H9ClO4S/c1-6-3-4-7(13-12-2)8(5-6)14(9,10)11/h3-5H,1-2H3. The molecule has 0 aliphatic heterocycles. The van der Waals surface area contributed by atoms with E-state index in [2.05, 4.69) is 9.78 Å². The van der Waals surface area contributed by atoms with Crippen molar-refractivity contribution in [1.29, 1.82) is 0 Å². The summed E-state index contributed by atoms with van der Waals surface area (Å²) in [5.41, 5.74) is 0.771. The van der Waals surface area contributed by atoms with Gasteiger partial charge in [0.05, 0.1) is 7.11 Å². The summed E-state index contributed by atoms with van der Waals surface area (Å²) in [4.78, 5) is 8.94. The molecule has 0 heterocycles. The normalized spacial score (nSPS) is 11.4. The molecule has 0 aliphatic rings. The summed E-state index contributed by atoms with van der Waals surface area (Å²) < 4.78 is 22.2. The lowest BCUT2D eigenvalue weighted by atomic mass is 10.2. The predicted octanol–water partition coefficient (Wildman–Crippen LogP) is 1.86. The Morgan fingerprint density at radius 2 is 2.00 bits per heavy atom. The maximum absolute atomic E-state index is 11.1. The number of hydrogen-bond donors (Lipinski definition) is 0. The van der Waals surface area contributed by atoms with Gasteiger partial charge in [0.15, 0.2) is 5.75 Å². The lowest BCUT2D eigenvalue weighted by Gasteiger charge is -2.06. The van der Waals surface area contributed by atoms with Crippen molar-refractivity contribution in [3.05, 3.63) is 23.8 Å². The van der Waals surface area contributed by atoms with Crippen molar-refractivity contribution in [2.24, 2.45) is 0 Å². The average Bonchev–Trinajstić information content (AvgIpc) is 2.07. The minimum Gasteiger partial charge on any atom is -0.336 e. The zero-order valence-corrected chi connectivity index (χ0v) is 9.22. The first-order valence-electron chi connectivity index (χ1n) is 3.71. The molecule has 4 nitrogen and oxygen atoms in total. The third-order valence-corrected chi connectivity index (χ3v) is 2.88. The van der Waals surface area contributed by atoms with E-state index in [0.29, 0.717) is 0 Å². The first-order chi connectivity index (χ1) is 6.45. The second kappa shape index (κ2) is 4.16. The Morgan fingerprint density at radius 1 is 1.36 bits per heavy atom. The van der Waals surface area contributed by atoms with Crippen molar-refractivity contribution in [2.45, 2.75) is 11.8 Å². The fourth-order valence-electron chi connectivity index (χ4n) is 0.964. The fraction of sp³-hybridized carbons (Fsp3) is 0.250. The van der Waals surface area contributed by atoms with Crippen molar-refractivity contribution in [3.8, 4) is 5.75 Å². The van der Waals surface area contributed by atoms with Crippen LogP contribution in [0.5, 0.6) is 5.75 Å². The molecule has 1 aromatic rings. The van der Waals surface area contributed by atoms with Crippen LogP contribution in [-0.4, -0.2) is 15.5 Å². The van der Waals surface area contributed by atoms with Crippen molar-refractivity contribution in [2.75, 3.05) is 7.11 Å². The molecule has 0 saturated carbocycles. The highest BCUT2D eigenvalue weighted by Gasteiger charge is 2.17. The molecule has 1 aromatic carbocycles. The van der Waals surface area contributed by atoms with Gasteiger partial charge >= 0.3 is 0 Å². The molecule has 0 aliphatic carbocycles. The third-order valence-electron chi connectivity index (χ3n) is 1.54. The number of rotatable bonds is 3. The molecule has 0 bridgehead atoms. The summed E-state index contributed by atoms with van der Waals surface area (Å²) in [6.45, 7) is 1.75. The predicted molar refractivity (Wildman–Crippen MR) is 51.9 cm³/mol. The smallest absolute Gasteiger partial charge is 0.265 e. The van der Waals surface area contributed by atoms with E-state index < -0.39 is 9.05 Å². The van der Waals surface area contributed by atoms with Crippen molar-refractivity contribution in [3.63, 3.8) is 0 Å². The molecule has 6 heteroatoms. The van der Waals surface area contributed by atoms with Crippen molar-refractivity contribution in [1.82, 2.24) is 0 Å². The molecular weight excluding hydrogens is 228 g/mol. The first kappa shape index (κ1) is 11.3. The number of hydrogen-bond acceptors (Lipinski definition) is 4. The van der Waals surface area contributed by atoms with Gasteiger partial charge in [-0.3, -0.25) is 0 Å². The van der Waals surface area contributed by atoms with E-state index in [4.69, 9.17) is 10.7 Å². The highest BCUT2D eigenvalue weighted by molar-refractivity contribution is 8.13. The zero-order chi connectivity index (χ0) is 10.8. The van der Waals surface area contributed by atoms with Crippen molar-refractivity contribution < 1.29 is 18.2 Å². The summed E-state index contributed by atoms with van der Waals surface area (Å²) in [6, 6.07) is 4.59. The van der Waals surface area contributed by atoms with E-state index in [0.717, 1.165) is 5.56 Å². The number of benzene rings is 1. The lowest BCUT2D eigenvalue weighted by molar-refractivity contribution is -0.180. The van der Waals surface area contributed by atoms with Crippen LogP contribution in [0.1, 0.15) is 5.56 Å². The van der Waals surface area contributed by atoms with E-state index in [9.17, 15) is 8.42 Å². The van der Waals surface area contributed by atoms with Crippen LogP contribution in [0.15, 0.2) is 23.1 Å². The van der Waals surface area contributed by atoms with Gasteiger partial charge in [-0.15, -0.1) is 0 Å². The summed E-state index contributed by atoms with van der Waals surface area (Å²) in [5.74, 6) is 0.0769. The summed E-state index contributed by atoms with van der Waals surface area (Å²) in [5, 5.41) is 0. The molecule has 0 N–H and O–H groups in total. The van der Waals surface area contributed by atoms with Crippen molar-refractivity contribution >= 4 is 19.7 Å². The molecule has 0 atom stereocenters. The van der Waals surface area contributed by atoms with Crippen LogP contribution in [0, 0.1) is 6.92 Å². The lowest BCUT2D eigenvalue weighted by Crippen LogP contribution is -1.99. The number of halogens is 1.